The lowest BCUT2D eigenvalue weighted by Crippen LogP contribution is -1.93. The Labute approximate surface area is 147 Å². The van der Waals surface area contributed by atoms with Crippen molar-refractivity contribution in [1.82, 2.24) is 19.5 Å². The lowest BCUT2D eigenvalue weighted by Gasteiger charge is -2.07. The largest absolute Gasteiger partial charge is 0.454 e. The van der Waals surface area contributed by atoms with Crippen molar-refractivity contribution in [3.8, 4) is 5.69 Å². The molecule has 6 rings (SSSR count). The van der Waals surface area contributed by atoms with Gasteiger partial charge in [-0.3, -0.25) is 15.0 Å². The van der Waals surface area contributed by atoms with Crippen molar-refractivity contribution in [2.75, 3.05) is 0 Å². The van der Waals surface area contributed by atoms with Gasteiger partial charge in [-0.05, 0) is 42.5 Å². The lowest BCUT2D eigenvalue weighted by molar-refractivity contribution is 0.668. The monoisotopic (exact) mass is 336 g/mol. The van der Waals surface area contributed by atoms with Gasteiger partial charge in [0.2, 0.25) is 0 Å². The first-order chi connectivity index (χ1) is 12.9. The topological polar surface area (TPSA) is 56.7 Å². The van der Waals surface area contributed by atoms with Gasteiger partial charge in [0.15, 0.2) is 5.58 Å². The lowest BCUT2D eigenvalue weighted by atomic mass is 10.2. The molecule has 1 aromatic carbocycles. The van der Waals surface area contributed by atoms with Crippen LogP contribution in [0.3, 0.4) is 0 Å². The van der Waals surface area contributed by atoms with Crippen LogP contribution in [-0.2, 0) is 0 Å². The Kier molecular flexibility index (Phi) is 2.55. The van der Waals surface area contributed by atoms with E-state index in [0.29, 0.717) is 0 Å². The third-order valence-electron chi connectivity index (χ3n) is 4.84. The molecular formula is C21H12N4O. The molecule has 0 fully saturated rings. The summed E-state index contributed by atoms with van der Waals surface area (Å²) in [5, 5.41) is 3.19. The summed E-state index contributed by atoms with van der Waals surface area (Å²) in [6.07, 6.45) is 9.21. The number of hydrogen-bond donors (Lipinski definition) is 0. The van der Waals surface area contributed by atoms with E-state index in [1.807, 2.05) is 55.1 Å². The van der Waals surface area contributed by atoms with Gasteiger partial charge in [-0.2, -0.15) is 0 Å². The maximum Gasteiger partial charge on any atom is 0.153 e. The van der Waals surface area contributed by atoms with Crippen LogP contribution in [0.1, 0.15) is 0 Å². The minimum absolute atomic E-state index is 0.801. The molecule has 0 unspecified atom stereocenters. The fourth-order valence-corrected chi connectivity index (χ4v) is 3.71. The quantitative estimate of drug-likeness (QED) is 0.430. The van der Waals surface area contributed by atoms with Crippen LogP contribution in [0.15, 0.2) is 77.9 Å². The van der Waals surface area contributed by atoms with E-state index in [2.05, 4.69) is 31.7 Å². The van der Waals surface area contributed by atoms with E-state index in [1.165, 1.54) is 0 Å². The van der Waals surface area contributed by atoms with E-state index in [0.717, 1.165) is 49.6 Å². The second-order valence-electron chi connectivity index (χ2n) is 6.25. The van der Waals surface area contributed by atoms with E-state index in [-0.39, 0.29) is 0 Å². The maximum atomic E-state index is 5.91. The van der Waals surface area contributed by atoms with Crippen LogP contribution >= 0.6 is 0 Å². The molecule has 26 heavy (non-hydrogen) atoms. The molecule has 0 radical (unpaired) electrons. The summed E-state index contributed by atoms with van der Waals surface area (Å²) in [4.78, 5) is 13.1. The zero-order valence-corrected chi connectivity index (χ0v) is 13.6. The van der Waals surface area contributed by atoms with Crippen molar-refractivity contribution in [3.05, 3.63) is 73.4 Å². The molecular weight excluding hydrogens is 324 g/mol. The fourth-order valence-electron chi connectivity index (χ4n) is 3.71. The number of nitrogens with zero attached hydrogens (tertiary/aromatic N) is 4. The molecule has 5 heterocycles. The van der Waals surface area contributed by atoms with Gasteiger partial charge in [0.25, 0.3) is 0 Å². The number of aromatic nitrogens is 4. The third kappa shape index (κ3) is 1.71. The minimum Gasteiger partial charge on any atom is -0.454 e. The van der Waals surface area contributed by atoms with E-state index >= 15 is 0 Å². The highest BCUT2D eigenvalue weighted by Gasteiger charge is 2.14. The molecule has 0 N–H and O–H groups in total. The zero-order chi connectivity index (χ0) is 17.1. The van der Waals surface area contributed by atoms with Crippen molar-refractivity contribution in [2.24, 2.45) is 0 Å². The van der Waals surface area contributed by atoms with Gasteiger partial charge < -0.3 is 8.98 Å². The zero-order valence-electron chi connectivity index (χ0n) is 13.6. The number of rotatable bonds is 1. The van der Waals surface area contributed by atoms with Crippen LogP contribution in [0.4, 0.5) is 0 Å². The molecule has 0 aliphatic heterocycles. The Bertz CT molecular complexity index is 1390. The summed E-state index contributed by atoms with van der Waals surface area (Å²) in [6, 6.07) is 14.1. The highest BCUT2D eigenvalue weighted by atomic mass is 16.3. The van der Waals surface area contributed by atoms with Crippen molar-refractivity contribution < 1.29 is 4.42 Å². The van der Waals surface area contributed by atoms with Crippen LogP contribution in [0.5, 0.6) is 0 Å². The second-order valence-corrected chi connectivity index (χ2v) is 6.25. The van der Waals surface area contributed by atoms with Crippen molar-refractivity contribution in [3.63, 3.8) is 0 Å². The fraction of sp³-hybridized carbons (Fsp3) is 0. The summed E-state index contributed by atoms with van der Waals surface area (Å²) in [7, 11) is 0. The summed E-state index contributed by atoms with van der Waals surface area (Å²) in [5.41, 5.74) is 5.78. The van der Waals surface area contributed by atoms with Gasteiger partial charge in [-0.15, -0.1) is 0 Å². The second kappa shape index (κ2) is 4.89. The van der Waals surface area contributed by atoms with Gasteiger partial charge in [0, 0.05) is 52.8 Å². The van der Waals surface area contributed by atoms with Crippen molar-refractivity contribution >= 4 is 43.9 Å². The number of fused-ring (bicyclic) bond motifs is 6. The van der Waals surface area contributed by atoms with Crippen LogP contribution in [0.25, 0.3) is 49.6 Å². The summed E-state index contributed by atoms with van der Waals surface area (Å²) in [6.45, 7) is 0. The number of hydrogen-bond acceptors (Lipinski definition) is 4. The van der Waals surface area contributed by atoms with E-state index in [9.17, 15) is 0 Å². The molecule has 0 bridgehead atoms. The number of pyridine rings is 3. The summed E-state index contributed by atoms with van der Waals surface area (Å²) in [5.74, 6) is 0. The minimum atomic E-state index is 0.801. The van der Waals surface area contributed by atoms with E-state index < -0.39 is 0 Å². The Morgan fingerprint density at radius 3 is 2.27 bits per heavy atom. The van der Waals surface area contributed by atoms with Crippen molar-refractivity contribution in [1.29, 1.82) is 0 Å². The molecule has 6 aromatic rings. The molecule has 0 spiro atoms. The smallest absolute Gasteiger partial charge is 0.153 e. The normalized spacial score (nSPS) is 11.8. The Hall–Kier alpha value is -3.73. The molecule has 0 aliphatic rings. The molecule has 122 valence electrons. The molecule has 0 aliphatic carbocycles. The van der Waals surface area contributed by atoms with Crippen LogP contribution in [0, 0.1) is 0 Å². The molecule has 5 nitrogen and oxygen atoms in total. The predicted molar refractivity (Wildman–Crippen MR) is 101 cm³/mol. The summed E-state index contributed by atoms with van der Waals surface area (Å²) >= 11 is 0. The molecule has 5 aromatic heterocycles. The van der Waals surface area contributed by atoms with Gasteiger partial charge in [0.05, 0.1) is 11.0 Å². The van der Waals surface area contributed by atoms with Gasteiger partial charge in [-0.1, -0.05) is 0 Å². The number of benzene rings is 1. The third-order valence-corrected chi connectivity index (χ3v) is 4.84. The van der Waals surface area contributed by atoms with E-state index in [4.69, 9.17) is 4.42 Å². The average molecular weight is 336 g/mol. The highest BCUT2D eigenvalue weighted by Crippen LogP contribution is 2.33. The van der Waals surface area contributed by atoms with Crippen molar-refractivity contribution in [2.45, 2.75) is 0 Å². The van der Waals surface area contributed by atoms with Crippen LogP contribution in [0.2, 0.25) is 0 Å². The van der Waals surface area contributed by atoms with Gasteiger partial charge >= 0.3 is 0 Å². The first-order valence-electron chi connectivity index (χ1n) is 8.36. The predicted octanol–water partition coefficient (Wildman–Crippen LogP) is 4.87. The Balaban J connectivity index is 1.76. The molecule has 5 heteroatoms. The first kappa shape index (κ1) is 13.5. The molecule has 0 amide bonds. The van der Waals surface area contributed by atoms with Gasteiger partial charge in [-0.25, -0.2) is 0 Å². The highest BCUT2D eigenvalue weighted by molar-refractivity contribution is 6.09. The first-order valence-corrected chi connectivity index (χ1v) is 8.36. The summed E-state index contributed by atoms with van der Waals surface area (Å²) < 4.78 is 8.14. The molecule has 0 saturated heterocycles. The molecule has 0 saturated carbocycles. The average Bonchev–Trinajstić information content (AvgIpc) is 3.23. The number of furan rings is 1. The Morgan fingerprint density at radius 1 is 0.731 bits per heavy atom. The Morgan fingerprint density at radius 2 is 1.50 bits per heavy atom. The SMILES string of the molecule is c1cnc2c(c1)oc1ccc(-n3c4ccncc4c4cnccc43)cc12. The van der Waals surface area contributed by atoms with E-state index in [1.54, 1.807) is 6.20 Å². The van der Waals surface area contributed by atoms with Gasteiger partial charge in [0.1, 0.15) is 11.1 Å². The molecule has 0 atom stereocenters. The van der Waals surface area contributed by atoms with Crippen LogP contribution < -0.4 is 0 Å². The van der Waals surface area contributed by atoms with Crippen LogP contribution in [-0.4, -0.2) is 19.5 Å². The maximum absolute atomic E-state index is 5.91. The standard InChI is InChI=1S/C21H12N4O/c1-2-20-21(24-7-1)14-10-13(3-4-19(14)26-20)25-17-5-8-22-11-15(17)16-12-23-9-6-18(16)25/h1-12H.